The van der Waals surface area contributed by atoms with E-state index in [9.17, 15) is 4.79 Å². The molecule has 0 aliphatic carbocycles. The van der Waals surface area contributed by atoms with E-state index in [1.807, 2.05) is 45.0 Å². The number of carbonyl (C=O) groups excluding carboxylic acids is 1. The number of carbonyl (C=O) groups is 1. The zero-order valence-electron chi connectivity index (χ0n) is 12.0. The summed E-state index contributed by atoms with van der Waals surface area (Å²) in [6, 6.07) is 7.92. The summed E-state index contributed by atoms with van der Waals surface area (Å²) in [7, 11) is 0. The Balaban J connectivity index is 2.77. The molecule has 0 bridgehead atoms. The maximum absolute atomic E-state index is 12.0. The molecule has 0 aliphatic heterocycles. The average Bonchev–Trinajstić information content (AvgIpc) is 2.37. The minimum Gasteiger partial charge on any atom is -0.494 e. The van der Waals surface area contributed by atoms with Gasteiger partial charge in [0.05, 0.1) is 12.5 Å². The van der Waals surface area contributed by atoms with Crippen LogP contribution in [-0.2, 0) is 11.2 Å². The topological polar surface area (TPSA) is 64.3 Å². The first-order chi connectivity index (χ1) is 9.08. The highest BCUT2D eigenvalue weighted by Crippen LogP contribution is 2.21. The number of para-hydroxylation sites is 1. The monoisotopic (exact) mass is 264 g/mol. The Kier molecular flexibility index (Phi) is 6.36. The molecule has 0 heterocycles. The molecule has 1 atom stereocenters. The molecule has 0 radical (unpaired) electrons. The third kappa shape index (κ3) is 4.91. The van der Waals surface area contributed by atoms with Crippen molar-refractivity contribution in [3.63, 3.8) is 0 Å². The van der Waals surface area contributed by atoms with E-state index in [-0.39, 0.29) is 17.9 Å². The van der Waals surface area contributed by atoms with E-state index in [0.29, 0.717) is 19.6 Å². The van der Waals surface area contributed by atoms with Gasteiger partial charge < -0.3 is 15.8 Å². The summed E-state index contributed by atoms with van der Waals surface area (Å²) in [5.74, 6) is 0.619. The Labute approximate surface area is 115 Å². The maximum atomic E-state index is 12.0. The van der Waals surface area contributed by atoms with Crippen molar-refractivity contribution in [2.75, 3.05) is 13.2 Å². The van der Waals surface area contributed by atoms with Crippen molar-refractivity contribution in [3.05, 3.63) is 29.8 Å². The molecule has 0 aromatic heterocycles. The lowest BCUT2D eigenvalue weighted by molar-refractivity contribution is -0.125. The van der Waals surface area contributed by atoms with Crippen LogP contribution < -0.4 is 15.8 Å². The third-order valence-electron chi connectivity index (χ3n) is 2.83. The van der Waals surface area contributed by atoms with E-state index in [2.05, 4.69) is 5.32 Å². The van der Waals surface area contributed by atoms with Gasteiger partial charge in [0, 0.05) is 12.6 Å². The van der Waals surface area contributed by atoms with Crippen LogP contribution >= 0.6 is 0 Å². The van der Waals surface area contributed by atoms with Gasteiger partial charge in [-0.25, -0.2) is 0 Å². The molecule has 0 fully saturated rings. The summed E-state index contributed by atoms with van der Waals surface area (Å²) in [4.78, 5) is 12.0. The van der Waals surface area contributed by atoms with Crippen LogP contribution in [0.3, 0.4) is 0 Å². The fraction of sp³-hybridized carbons (Fsp3) is 0.533. The Hall–Kier alpha value is -1.55. The van der Waals surface area contributed by atoms with Crippen LogP contribution in [0.4, 0.5) is 0 Å². The van der Waals surface area contributed by atoms with Gasteiger partial charge in [-0.1, -0.05) is 18.2 Å². The van der Waals surface area contributed by atoms with Gasteiger partial charge in [0.15, 0.2) is 0 Å². The largest absolute Gasteiger partial charge is 0.494 e. The smallest absolute Gasteiger partial charge is 0.224 e. The molecule has 1 unspecified atom stereocenters. The lowest BCUT2D eigenvalue weighted by Crippen LogP contribution is -2.39. The molecule has 1 rings (SSSR count). The number of rotatable bonds is 7. The summed E-state index contributed by atoms with van der Waals surface area (Å²) >= 11 is 0. The lowest BCUT2D eigenvalue weighted by Gasteiger charge is -2.18. The summed E-state index contributed by atoms with van der Waals surface area (Å²) in [6.45, 7) is 6.78. The average molecular weight is 264 g/mol. The van der Waals surface area contributed by atoms with Crippen LogP contribution in [0.1, 0.15) is 26.3 Å². The van der Waals surface area contributed by atoms with Gasteiger partial charge >= 0.3 is 0 Å². The Morgan fingerprint density at radius 3 is 2.63 bits per heavy atom. The highest BCUT2D eigenvalue weighted by atomic mass is 16.5. The minimum absolute atomic E-state index is 0.00352. The van der Waals surface area contributed by atoms with Crippen molar-refractivity contribution < 1.29 is 9.53 Å². The van der Waals surface area contributed by atoms with Crippen molar-refractivity contribution in [2.24, 2.45) is 11.7 Å². The SMILES string of the molecule is CCOc1ccccc1CC(CN)C(=O)NC(C)C. The lowest BCUT2D eigenvalue weighted by atomic mass is 9.97. The number of nitrogens with two attached hydrogens (primary N) is 1. The van der Waals surface area contributed by atoms with Gasteiger partial charge in [0.1, 0.15) is 5.75 Å². The molecule has 3 N–H and O–H groups in total. The van der Waals surface area contributed by atoms with Crippen molar-refractivity contribution in [3.8, 4) is 5.75 Å². The van der Waals surface area contributed by atoms with Crippen molar-refractivity contribution in [1.29, 1.82) is 0 Å². The van der Waals surface area contributed by atoms with E-state index < -0.39 is 0 Å². The maximum Gasteiger partial charge on any atom is 0.224 e. The van der Waals surface area contributed by atoms with Gasteiger partial charge in [0.2, 0.25) is 5.91 Å². The van der Waals surface area contributed by atoms with Crippen LogP contribution in [0, 0.1) is 5.92 Å². The molecule has 0 aliphatic rings. The molecule has 0 saturated carbocycles. The first-order valence-electron chi connectivity index (χ1n) is 6.79. The standard InChI is InChI=1S/C15H24N2O2/c1-4-19-14-8-6-5-7-12(14)9-13(10-16)15(18)17-11(2)3/h5-8,11,13H,4,9-10,16H2,1-3H3,(H,17,18). The van der Waals surface area contributed by atoms with Crippen LogP contribution in [-0.4, -0.2) is 25.1 Å². The normalized spacial score (nSPS) is 12.3. The highest BCUT2D eigenvalue weighted by Gasteiger charge is 2.19. The van der Waals surface area contributed by atoms with E-state index in [1.54, 1.807) is 0 Å². The van der Waals surface area contributed by atoms with Crippen LogP contribution in [0.5, 0.6) is 5.75 Å². The van der Waals surface area contributed by atoms with Crippen LogP contribution in [0.25, 0.3) is 0 Å². The summed E-state index contributed by atoms with van der Waals surface area (Å²) in [5.41, 5.74) is 6.75. The molecular weight excluding hydrogens is 240 g/mol. The second-order valence-electron chi connectivity index (χ2n) is 4.84. The number of hydrogen-bond donors (Lipinski definition) is 2. The number of nitrogens with one attached hydrogen (secondary N) is 1. The Bertz CT molecular complexity index is 405. The number of benzene rings is 1. The molecule has 0 saturated heterocycles. The van der Waals surface area contributed by atoms with Gasteiger partial charge in [-0.3, -0.25) is 4.79 Å². The molecule has 19 heavy (non-hydrogen) atoms. The minimum atomic E-state index is -0.219. The third-order valence-corrected chi connectivity index (χ3v) is 2.83. The first kappa shape index (κ1) is 15.5. The molecule has 1 amide bonds. The van der Waals surface area contributed by atoms with E-state index >= 15 is 0 Å². The predicted octanol–water partition coefficient (Wildman–Crippen LogP) is 1.73. The fourth-order valence-corrected chi connectivity index (χ4v) is 1.92. The molecule has 4 nitrogen and oxygen atoms in total. The zero-order valence-corrected chi connectivity index (χ0v) is 12.0. The quantitative estimate of drug-likeness (QED) is 0.788. The molecule has 106 valence electrons. The number of ether oxygens (including phenoxy) is 1. The molecular formula is C15H24N2O2. The summed E-state index contributed by atoms with van der Waals surface area (Å²) < 4.78 is 5.57. The molecule has 1 aromatic carbocycles. The van der Waals surface area contributed by atoms with Crippen molar-refractivity contribution in [1.82, 2.24) is 5.32 Å². The van der Waals surface area contributed by atoms with Gasteiger partial charge in [-0.05, 0) is 38.8 Å². The van der Waals surface area contributed by atoms with Crippen LogP contribution in [0.15, 0.2) is 24.3 Å². The van der Waals surface area contributed by atoms with Crippen LogP contribution in [0.2, 0.25) is 0 Å². The Morgan fingerprint density at radius 1 is 1.37 bits per heavy atom. The fourth-order valence-electron chi connectivity index (χ4n) is 1.92. The molecule has 0 spiro atoms. The molecule has 4 heteroatoms. The number of hydrogen-bond acceptors (Lipinski definition) is 3. The van der Waals surface area contributed by atoms with E-state index in [4.69, 9.17) is 10.5 Å². The second-order valence-corrected chi connectivity index (χ2v) is 4.84. The van der Waals surface area contributed by atoms with E-state index in [0.717, 1.165) is 11.3 Å². The predicted molar refractivity (Wildman–Crippen MR) is 77.1 cm³/mol. The Morgan fingerprint density at radius 2 is 2.05 bits per heavy atom. The van der Waals surface area contributed by atoms with Gasteiger partial charge in [-0.15, -0.1) is 0 Å². The second kappa shape index (κ2) is 7.79. The number of amides is 1. The van der Waals surface area contributed by atoms with Gasteiger partial charge in [0.25, 0.3) is 0 Å². The zero-order chi connectivity index (χ0) is 14.3. The van der Waals surface area contributed by atoms with Crippen molar-refractivity contribution in [2.45, 2.75) is 33.2 Å². The van der Waals surface area contributed by atoms with Gasteiger partial charge in [-0.2, -0.15) is 0 Å². The summed E-state index contributed by atoms with van der Waals surface area (Å²) in [5, 5.41) is 2.91. The van der Waals surface area contributed by atoms with Crippen molar-refractivity contribution >= 4 is 5.91 Å². The van der Waals surface area contributed by atoms with E-state index in [1.165, 1.54) is 0 Å². The molecule has 1 aromatic rings. The summed E-state index contributed by atoms with van der Waals surface area (Å²) in [6.07, 6.45) is 0.602. The first-order valence-corrected chi connectivity index (χ1v) is 6.79. The highest BCUT2D eigenvalue weighted by molar-refractivity contribution is 5.79.